The quantitative estimate of drug-likeness (QED) is 0.763. The van der Waals surface area contributed by atoms with Gasteiger partial charge in [0.25, 0.3) is 0 Å². The number of carbonyl (C=O) groups excluding carboxylic acids is 1. The normalized spacial score (nSPS) is 23.1. The largest absolute Gasteiger partial charge is 0.494 e. The van der Waals surface area contributed by atoms with E-state index in [0.717, 1.165) is 50.2 Å². The lowest BCUT2D eigenvalue weighted by molar-refractivity contribution is 0.0176. The summed E-state index contributed by atoms with van der Waals surface area (Å²) in [6.07, 6.45) is 7.67. The number of halogens is 1. The standard InChI is InChI=1S/C20H30N2O3.ClH/c1-2-15-24-17-11-9-16(10-12-17)21-20(23)25-19-8-4-3-7-18(19)22-13-5-6-14-22;/h9-12,18-19H,2-8,13-15H2,1H3,(H,21,23);1H/t18-,19-;/m0./s1. The van der Waals surface area contributed by atoms with Gasteiger partial charge in [0.2, 0.25) is 0 Å². The Hall–Kier alpha value is -1.46. The number of nitrogens with one attached hydrogen (secondary N) is 1. The predicted molar refractivity (Wildman–Crippen MR) is 106 cm³/mol. The lowest BCUT2D eigenvalue weighted by Crippen LogP contribution is -2.46. The Kier molecular flexibility index (Phi) is 8.52. The fourth-order valence-electron chi connectivity index (χ4n) is 3.84. The Balaban J connectivity index is 0.00000243. The predicted octanol–water partition coefficient (Wildman–Crippen LogP) is 4.85. The highest BCUT2D eigenvalue weighted by atomic mass is 35.5. The fourth-order valence-corrected chi connectivity index (χ4v) is 3.84. The maximum absolute atomic E-state index is 12.3. The van der Waals surface area contributed by atoms with Crippen molar-refractivity contribution in [2.45, 2.75) is 64.0 Å². The molecule has 0 bridgehead atoms. The molecule has 0 aromatic heterocycles. The van der Waals surface area contributed by atoms with Crippen LogP contribution in [0.2, 0.25) is 0 Å². The summed E-state index contributed by atoms with van der Waals surface area (Å²) in [4.78, 5) is 14.8. The van der Waals surface area contributed by atoms with E-state index in [1.165, 1.54) is 19.3 Å². The van der Waals surface area contributed by atoms with Crippen LogP contribution in [0, 0.1) is 0 Å². The van der Waals surface area contributed by atoms with E-state index in [9.17, 15) is 4.79 Å². The monoisotopic (exact) mass is 382 g/mol. The van der Waals surface area contributed by atoms with Gasteiger partial charge >= 0.3 is 6.09 Å². The average molecular weight is 383 g/mol. The number of carbonyl (C=O) groups is 1. The molecule has 5 nitrogen and oxygen atoms in total. The minimum Gasteiger partial charge on any atom is -0.494 e. The maximum atomic E-state index is 12.3. The number of likely N-dealkylation sites (tertiary alicyclic amines) is 1. The number of ether oxygens (including phenoxy) is 2. The van der Waals surface area contributed by atoms with Crippen LogP contribution in [0.25, 0.3) is 0 Å². The molecule has 2 fully saturated rings. The van der Waals surface area contributed by atoms with Crippen molar-refractivity contribution in [1.82, 2.24) is 4.90 Å². The van der Waals surface area contributed by atoms with Gasteiger partial charge in [0.05, 0.1) is 6.61 Å². The minimum atomic E-state index is -0.349. The highest BCUT2D eigenvalue weighted by Crippen LogP contribution is 2.28. The van der Waals surface area contributed by atoms with E-state index in [0.29, 0.717) is 12.6 Å². The van der Waals surface area contributed by atoms with Gasteiger partial charge in [0.15, 0.2) is 0 Å². The van der Waals surface area contributed by atoms with Crippen LogP contribution in [0.3, 0.4) is 0 Å². The number of nitrogens with zero attached hydrogens (tertiary/aromatic N) is 1. The molecule has 0 radical (unpaired) electrons. The van der Waals surface area contributed by atoms with E-state index in [1.807, 2.05) is 24.3 Å². The Morgan fingerprint density at radius 1 is 1.12 bits per heavy atom. The van der Waals surface area contributed by atoms with Gasteiger partial charge in [-0.05, 0) is 75.9 Å². The van der Waals surface area contributed by atoms with Gasteiger partial charge in [-0.3, -0.25) is 10.2 Å². The summed E-state index contributed by atoms with van der Waals surface area (Å²) in [5.41, 5.74) is 0.738. The van der Waals surface area contributed by atoms with Crippen LogP contribution in [0.1, 0.15) is 51.9 Å². The molecule has 2 atom stereocenters. The first-order chi connectivity index (χ1) is 12.3. The molecule has 0 unspecified atom stereocenters. The van der Waals surface area contributed by atoms with Gasteiger partial charge in [-0.15, -0.1) is 12.4 Å². The molecular formula is C20H31ClN2O3. The molecule has 0 spiro atoms. The van der Waals surface area contributed by atoms with Gasteiger partial charge in [-0.2, -0.15) is 0 Å². The number of hydrogen-bond donors (Lipinski definition) is 1. The summed E-state index contributed by atoms with van der Waals surface area (Å²) in [6, 6.07) is 7.85. The van der Waals surface area contributed by atoms with Crippen LogP contribution in [0.15, 0.2) is 24.3 Å². The van der Waals surface area contributed by atoms with Crippen molar-refractivity contribution in [3.05, 3.63) is 24.3 Å². The first-order valence-electron chi connectivity index (χ1n) is 9.71. The zero-order valence-electron chi connectivity index (χ0n) is 15.6. The van der Waals surface area contributed by atoms with Crippen LogP contribution in [0.5, 0.6) is 5.75 Å². The molecule has 1 aromatic carbocycles. The van der Waals surface area contributed by atoms with E-state index in [1.54, 1.807) is 0 Å². The smallest absolute Gasteiger partial charge is 0.411 e. The summed E-state index contributed by atoms with van der Waals surface area (Å²) in [6.45, 7) is 5.07. The van der Waals surface area contributed by atoms with Crippen molar-refractivity contribution in [1.29, 1.82) is 0 Å². The van der Waals surface area contributed by atoms with Crippen LogP contribution in [-0.2, 0) is 4.74 Å². The Morgan fingerprint density at radius 3 is 2.50 bits per heavy atom. The van der Waals surface area contributed by atoms with Gasteiger partial charge in [-0.25, -0.2) is 4.79 Å². The van der Waals surface area contributed by atoms with Crippen LogP contribution >= 0.6 is 12.4 Å². The van der Waals surface area contributed by atoms with Gasteiger partial charge in [0.1, 0.15) is 11.9 Å². The molecule has 3 rings (SSSR count). The van der Waals surface area contributed by atoms with E-state index in [4.69, 9.17) is 9.47 Å². The fraction of sp³-hybridized carbons (Fsp3) is 0.650. The number of benzene rings is 1. The highest BCUT2D eigenvalue weighted by molar-refractivity contribution is 5.85. The van der Waals surface area contributed by atoms with Crippen molar-refractivity contribution < 1.29 is 14.3 Å². The lowest BCUT2D eigenvalue weighted by atomic mass is 9.91. The Bertz CT molecular complexity index is 546. The molecule has 1 N–H and O–H groups in total. The SMILES string of the molecule is CCCOc1ccc(NC(=O)O[C@H]2CCCC[C@@H]2N2CCCC2)cc1.Cl. The third-order valence-corrected chi connectivity index (χ3v) is 5.11. The number of amides is 1. The molecule has 6 heteroatoms. The number of hydrogen-bond acceptors (Lipinski definition) is 4. The molecule has 26 heavy (non-hydrogen) atoms. The molecular weight excluding hydrogens is 352 g/mol. The second kappa shape index (κ2) is 10.6. The third kappa shape index (κ3) is 5.78. The minimum absolute atomic E-state index is 0. The van der Waals surface area contributed by atoms with Crippen molar-refractivity contribution in [2.24, 2.45) is 0 Å². The summed E-state index contributed by atoms with van der Waals surface area (Å²) < 4.78 is 11.4. The van der Waals surface area contributed by atoms with Crippen molar-refractivity contribution in [2.75, 3.05) is 25.0 Å². The van der Waals surface area contributed by atoms with E-state index in [2.05, 4.69) is 17.1 Å². The molecule has 2 aliphatic rings. The molecule has 1 amide bonds. The molecule has 1 heterocycles. The summed E-state index contributed by atoms with van der Waals surface area (Å²) in [7, 11) is 0. The zero-order chi connectivity index (χ0) is 17.5. The van der Waals surface area contributed by atoms with Crippen molar-refractivity contribution >= 4 is 24.2 Å². The highest BCUT2D eigenvalue weighted by Gasteiger charge is 2.34. The van der Waals surface area contributed by atoms with Gasteiger partial charge in [-0.1, -0.05) is 13.3 Å². The number of rotatable bonds is 6. The number of anilines is 1. The van der Waals surface area contributed by atoms with Gasteiger partial charge < -0.3 is 9.47 Å². The molecule has 1 aromatic rings. The first-order valence-corrected chi connectivity index (χ1v) is 9.71. The summed E-state index contributed by atoms with van der Waals surface area (Å²) in [5.74, 6) is 0.821. The van der Waals surface area contributed by atoms with Crippen LogP contribution in [-0.4, -0.2) is 42.8 Å². The second-order valence-corrected chi connectivity index (χ2v) is 7.04. The third-order valence-electron chi connectivity index (χ3n) is 5.11. The van der Waals surface area contributed by atoms with Crippen molar-refractivity contribution in [3.8, 4) is 5.75 Å². The van der Waals surface area contributed by atoms with Gasteiger partial charge in [0, 0.05) is 11.7 Å². The first kappa shape index (κ1) is 20.8. The second-order valence-electron chi connectivity index (χ2n) is 7.04. The Morgan fingerprint density at radius 2 is 1.81 bits per heavy atom. The van der Waals surface area contributed by atoms with Crippen LogP contribution in [0.4, 0.5) is 10.5 Å². The molecule has 1 saturated heterocycles. The molecule has 146 valence electrons. The van der Waals surface area contributed by atoms with E-state index >= 15 is 0 Å². The van der Waals surface area contributed by atoms with E-state index in [-0.39, 0.29) is 24.6 Å². The topological polar surface area (TPSA) is 50.8 Å². The molecule has 1 saturated carbocycles. The average Bonchev–Trinajstić information content (AvgIpc) is 3.16. The maximum Gasteiger partial charge on any atom is 0.411 e. The molecule has 1 aliphatic carbocycles. The zero-order valence-corrected chi connectivity index (χ0v) is 16.4. The van der Waals surface area contributed by atoms with E-state index < -0.39 is 0 Å². The summed E-state index contributed by atoms with van der Waals surface area (Å²) >= 11 is 0. The Labute approximate surface area is 162 Å². The molecule has 1 aliphatic heterocycles. The van der Waals surface area contributed by atoms with Crippen LogP contribution < -0.4 is 10.1 Å². The lowest BCUT2D eigenvalue weighted by Gasteiger charge is -2.37. The summed E-state index contributed by atoms with van der Waals surface area (Å²) in [5, 5.41) is 2.85. The van der Waals surface area contributed by atoms with Crippen molar-refractivity contribution in [3.63, 3.8) is 0 Å².